The number of ether oxygens (including phenoxy) is 3. The lowest BCUT2D eigenvalue weighted by Gasteiger charge is -2.16. The van der Waals surface area contributed by atoms with E-state index < -0.39 is 23.1 Å². The Morgan fingerprint density at radius 1 is 0.971 bits per heavy atom. The summed E-state index contributed by atoms with van der Waals surface area (Å²) in [5.74, 6) is -0.966. The van der Waals surface area contributed by atoms with Crippen LogP contribution in [0.2, 0.25) is 0 Å². The van der Waals surface area contributed by atoms with Crippen molar-refractivity contribution in [2.45, 2.75) is 44.8 Å². The van der Waals surface area contributed by atoms with Gasteiger partial charge in [-0.2, -0.15) is 13.2 Å². The molecule has 0 atom stereocenters. The number of hydrogen-bond donors (Lipinski definition) is 1. The molecular formula is C25H26F3NO6. The second-order valence-corrected chi connectivity index (χ2v) is 8.36. The van der Waals surface area contributed by atoms with Crippen LogP contribution in [0.5, 0.6) is 17.2 Å². The third-order valence-electron chi connectivity index (χ3n) is 5.80. The Morgan fingerprint density at radius 3 is 2.20 bits per heavy atom. The molecule has 1 aliphatic rings. The summed E-state index contributed by atoms with van der Waals surface area (Å²) in [5, 5.41) is 2.81. The number of carbonyl (C=O) groups excluding carboxylic acids is 3. The number of benzene rings is 2. The molecule has 0 heterocycles. The third kappa shape index (κ3) is 6.97. The number of alkyl halides is 3. The average Bonchev–Trinajstić information content (AvgIpc) is 3.62. The molecule has 188 valence electrons. The van der Waals surface area contributed by atoms with Crippen molar-refractivity contribution >= 4 is 17.7 Å². The normalized spacial score (nSPS) is 14.1. The molecule has 0 radical (unpaired) electrons. The molecule has 1 N–H and O–H groups in total. The van der Waals surface area contributed by atoms with Gasteiger partial charge in [-0.1, -0.05) is 12.1 Å². The number of ketones is 1. The van der Waals surface area contributed by atoms with Crippen molar-refractivity contribution in [2.75, 3.05) is 14.2 Å². The van der Waals surface area contributed by atoms with Gasteiger partial charge in [-0.15, -0.1) is 0 Å². The Bertz CT molecular complexity index is 1080. The zero-order valence-electron chi connectivity index (χ0n) is 19.4. The Labute approximate surface area is 200 Å². The molecular weight excluding hydrogens is 467 g/mol. The molecule has 0 aliphatic heterocycles. The van der Waals surface area contributed by atoms with Gasteiger partial charge < -0.3 is 19.5 Å². The summed E-state index contributed by atoms with van der Waals surface area (Å²) in [5.41, 5.74) is -0.980. The van der Waals surface area contributed by atoms with Gasteiger partial charge in [0.2, 0.25) is 5.91 Å². The van der Waals surface area contributed by atoms with Gasteiger partial charge >= 0.3 is 12.1 Å². The Hall–Kier alpha value is -3.56. The van der Waals surface area contributed by atoms with E-state index >= 15 is 0 Å². The largest absolute Gasteiger partial charge is 0.497 e. The lowest BCUT2D eigenvalue weighted by atomic mass is 9.96. The third-order valence-corrected chi connectivity index (χ3v) is 5.80. The highest BCUT2D eigenvalue weighted by Gasteiger charge is 2.50. The Kier molecular flexibility index (Phi) is 8.03. The highest BCUT2D eigenvalue weighted by Crippen LogP contribution is 2.49. The number of halogens is 3. The van der Waals surface area contributed by atoms with E-state index in [1.807, 2.05) is 0 Å². The van der Waals surface area contributed by atoms with E-state index in [0.29, 0.717) is 18.4 Å². The SMILES string of the molecule is COC(=O)CCC(=O)CC1(C(=O)NCc2ccc(Oc3ccc(OC)cc3C(F)(F)F)cc2)CC1. The van der Waals surface area contributed by atoms with Crippen molar-refractivity contribution in [3.8, 4) is 17.2 Å². The van der Waals surface area contributed by atoms with Crippen LogP contribution in [0.1, 0.15) is 43.2 Å². The van der Waals surface area contributed by atoms with Crippen molar-refractivity contribution < 1.29 is 41.8 Å². The van der Waals surface area contributed by atoms with Crippen LogP contribution in [-0.4, -0.2) is 31.9 Å². The highest BCUT2D eigenvalue weighted by molar-refractivity contribution is 5.92. The van der Waals surface area contributed by atoms with Crippen molar-refractivity contribution in [3.05, 3.63) is 53.6 Å². The molecule has 0 aromatic heterocycles. The second kappa shape index (κ2) is 10.8. The predicted octanol–water partition coefficient (Wildman–Crippen LogP) is 4.82. The van der Waals surface area contributed by atoms with Crippen molar-refractivity contribution in [1.29, 1.82) is 0 Å². The van der Waals surface area contributed by atoms with Crippen molar-refractivity contribution in [3.63, 3.8) is 0 Å². The van der Waals surface area contributed by atoms with Crippen LogP contribution in [0.25, 0.3) is 0 Å². The fraction of sp³-hybridized carbons (Fsp3) is 0.400. The zero-order valence-corrected chi connectivity index (χ0v) is 19.4. The van der Waals surface area contributed by atoms with Crippen molar-refractivity contribution in [2.24, 2.45) is 5.41 Å². The summed E-state index contributed by atoms with van der Waals surface area (Å²) in [6, 6.07) is 9.72. The first-order valence-corrected chi connectivity index (χ1v) is 11.0. The molecule has 7 nitrogen and oxygen atoms in total. The van der Waals surface area contributed by atoms with Crippen LogP contribution in [0.15, 0.2) is 42.5 Å². The fourth-order valence-electron chi connectivity index (χ4n) is 3.56. The first-order chi connectivity index (χ1) is 16.6. The first-order valence-electron chi connectivity index (χ1n) is 11.0. The maximum Gasteiger partial charge on any atom is 0.420 e. The number of amides is 1. The van der Waals surface area contributed by atoms with Crippen LogP contribution < -0.4 is 14.8 Å². The number of carbonyl (C=O) groups is 3. The van der Waals surface area contributed by atoms with Crippen LogP contribution in [0, 0.1) is 5.41 Å². The summed E-state index contributed by atoms with van der Waals surface area (Å²) in [6.45, 7) is 0.188. The minimum Gasteiger partial charge on any atom is -0.497 e. The van der Waals surface area contributed by atoms with Crippen molar-refractivity contribution in [1.82, 2.24) is 5.32 Å². The molecule has 2 aromatic carbocycles. The molecule has 0 saturated heterocycles. The number of rotatable bonds is 11. The predicted molar refractivity (Wildman–Crippen MR) is 119 cm³/mol. The zero-order chi connectivity index (χ0) is 25.6. The standard InChI is InChI=1S/C25H26F3NO6/c1-33-19-8-9-21(20(13-19)25(26,27)28)35-18-6-3-16(4-7-18)15-29-23(32)24(11-12-24)14-17(30)5-10-22(31)34-2/h3-4,6-9,13H,5,10-12,14-15H2,1-2H3,(H,29,32). The monoisotopic (exact) mass is 493 g/mol. The Balaban J connectivity index is 1.55. The number of hydrogen-bond acceptors (Lipinski definition) is 6. The van der Waals surface area contributed by atoms with E-state index in [0.717, 1.165) is 6.07 Å². The summed E-state index contributed by atoms with van der Waals surface area (Å²) >= 11 is 0. The summed E-state index contributed by atoms with van der Waals surface area (Å²) in [7, 11) is 2.53. The molecule has 0 bridgehead atoms. The molecule has 0 spiro atoms. The van der Waals surface area contributed by atoms with E-state index in [9.17, 15) is 27.6 Å². The molecule has 0 unspecified atom stereocenters. The molecule has 1 aliphatic carbocycles. The van der Waals surface area contributed by atoms with Gasteiger partial charge in [0, 0.05) is 19.4 Å². The molecule has 1 fully saturated rings. The fourth-order valence-corrected chi connectivity index (χ4v) is 3.56. The van der Waals surface area contributed by atoms with Gasteiger partial charge in [-0.25, -0.2) is 0 Å². The van der Waals surface area contributed by atoms with E-state index in [1.54, 1.807) is 12.1 Å². The van der Waals surface area contributed by atoms with E-state index in [-0.39, 0.29) is 54.7 Å². The van der Waals surface area contributed by atoms with Gasteiger partial charge in [-0.05, 0) is 48.7 Å². The summed E-state index contributed by atoms with van der Waals surface area (Å²) in [6.07, 6.45) is -3.33. The molecule has 2 aromatic rings. The Morgan fingerprint density at radius 2 is 1.63 bits per heavy atom. The van der Waals surface area contributed by atoms with E-state index in [4.69, 9.17) is 9.47 Å². The minimum absolute atomic E-state index is 0.0115. The van der Waals surface area contributed by atoms with Crippen LogP contribution in [-0.2, 0) is 31.8 Å². The van der Waals surface area contributed by atoms with Crippen LogP contribution in [0.4, 0.5) is 13.2 Å². The smallest absolute Gasteiger partial charge is 0.420 e. The van der Waals surface area contributed by atoms with Gasteiger partial charge in [0.1, 0.15) is 28.6 Å². The number of esters is 1. The summed E-state index contributed by atoms with van der Waals surface area (Å²) < 4.78 is 54.9. The van der Waals surface area contributed by atoms with Gasteiger partial charge in [0.15, 0.2) is 0 Å². The van der Waals surface area contributed by atoms with Gasteiger partial charge in [0.05, 0.1) is 26.1 Å². The molecule has 1 amide bonds. The topological polar surface area (TPSA) is 90.9 Å². The second-order valence-electron chi connectivity index (χ2n) is 8.36. The van der Waals surface area contributed by atoms with E-state index in [2.05, 4.69) is 10.1 Å². The van der Waals surface area contributed by atoms with Crippen LogP contribution >= 0.6 is 0 Å². The minimum atomic E-state index is -4.62. The number of methoxy groups -OCH3 is 2. The molecule has 35 heavy (non-hydrogen) atoms. The first kappa shape index (κ1) is 26.1. The van der Waals surface area contributed by atoms with E-state index in [1.165, 1.54) is 38.5 Å². The van der Waals surface area contributed by atoms with Gasteiger partial charge in [0.25, 0.3) is 0 Å². The van der Waals surface area contributed by atoms with Gasteiger partial charge in [-0.3, -0.25) is 14.4 Å². The highest BCUT2D eigenvalue weighted by atomic mass is 19.4. The molecule has 3 rings (SSSR count). The quantitative estimate of drug-likeness (QED) is 0.452. The number of Topliss-reactive ketones (excluding diaryl/α,β-unsaturated/α-hetero) is 1. The lowest BCUT2D eigenvalue weighted by Crippen LogP contribution is -2.33. The maximum absolute atomic E-state index is 13.4. The lowest BCUT2D eigenvalue weighted by molar-refractivity contribution is -0.142. The summed E-state index contributed by atoms with van der Waals surface area (Å²) in [4.78, 5) is 35.9. The maximum atomic E-state index is 13.4. The molecule has 1 saturated carbocycles. The number of nitrogens with one attached hydrogen (secondary N) is 1. The average molecular weight is 493 g/mol. The molecule has 10 heteroatoms. The van der Waals surface area contributed by atoms with Crippen LogP contribution in [0.3, 0.4) is 0 Å².